The number of carbonyl (C=O) groups is 2. The number of carboxylic acid groups (broad SMARTS) is 1. The van der Waals surface area contributed by atoms with Crippen molar-refractivity contribution in [2.24, 2.45) is 0 Å². The van der Waals surface area contributed by atoms with E-state index in [0.29, 0.717) is 0 Å². The van der Waals surface area contributed by atoms with Crippen molar-refractivity contribution in [3.05, 3.63) is 53.6 Å². The van der Waals surface area contributed by atoms with Crippen LogP contribution in [-0.2, 0) is 14.8 Å². The van der Waals surface area contributed by atoms with E-state index in [0.717, 1.165) is 6.07 Å². The lowest BCUT2D eigenvalue weighted by molar-refractivity contribution is 0.0525. The minimum atomic E-state index is -4.02. The first-order valence-electron chi connectivity index (χ1n) is 7.50. The second kappa shape index (κ2) is 7.87. The summed E-state index contributed by atoms with van der Waals surface area (Å²) in [5.74, 6) is -1.77. The van der Waals surface area contributed by atoms with Crippen molar-refractivity contribution in [1.82, 2.24) is 0 Å². The monoisotopic (exact) mass is 379 g/mol. The van der Waals surface area contributed by atoms with Crippen molar-refractivity contribution in [2.75, 3.05) is 18.4 Å². The standard InChI is InChI=1S/C17H17NO7S/c1-3-25-17(21)11-4-6-12(7-5-11)18-26(22,23)13-8-9-15(24-2)14(10-13)16(19)20/h4-10,18H,3H2,1-2H3,(H,19,20). The quantitative estimate of drug-likeness (QED) is 0.709. The van der Waals surface area contributed by atoms with E-state index in [1.165, 1.54) is 43.5 Å². The van der Waals surface area contributed by atoms with Crippen molar-refractivity contribution in [3.8, 4) is 5.75 Å². The predicted molar refractivity (Wildman–Crippen MR) is 93.2 cm³/mol. The summed E-state index contributed by atoms with van der Waals surface area (Å²) in [6, 6.07) is 9.18. The molecule has 2 N–H and O–H groups in total. The largest absolute Gasteiger partial charge is 0.496 e. The van der Waals surface area contributed by atoms with Gasteiger partial charge in [-0.3, -0.25) is 4.72 Å². The molecule has 0 bridgehead atoms. The number of sulfonamides is 1. The van der Waals surface area contributed by atoms with Gasteiger partial charge in [0, 0.05) is 5.69 Å². The van der Waals surface area contributed by atoms with E-state index in [1.807, 2.05) is 0 Å². The fraction of sp³-hybridized carbons (Fsp3) is 0.176. The van der Waals surface area contributed by atoms with Gasteiger partial charge in [-0.25, -0.2) is 18.0 Å². The molecule has 2 rings (SSSR count). The summed E-state index contributed by atoms with van der Waals surface area (Å²) in [5, 5.41) is 9.16. The average Bonchev–Trinajstić information content (AvgIpc) is 2.61. The van der Waals surface area contributed by atoms with Gasteiger partial charge in [0.15, 0.2) is 0 Å². The summed E-state index contributed by atoms with van der Waals surface area (Å²) in [6.45, 7) is 1.91. The molecule has 0 aromatic heterocycles. The molecule has 0 spiro atoms. The van der Waals surface area contributed by atoms with Gasteiger partial charge in [-0.15, -0.1) is 0 Å². The van der Waals surface area contributed by atoms with E-state index in [2.05, 4.69) is 4.72 Å². The summed E-state index contributed by atoms with van der Waals surface area (Å²) in [4.78, 5) is 22.6. The molecule has 0 unspecified atom stereocenters. The zero-order valence-corrected chi connectivity index (χ0v) is 14.9. The number of ether oxygens (including phenoxy) is 2. The van der Waals surface area contributed by atoms with Gasteiger partial charge >= 0.3 is 11.9 Å². The summed E-state index contributed by atoms with van der Waals surface area (Å²) in [7, 11) is -2.73. The van der Waals surface area contributed by atoms with Crippen LogP contribution < -0.4 is 9.46 Å². The Labute approximate surface area is 150 Å². The zero-order chi connectivity index (χ0) is 19.3. The van der Waals surface area contributed by atoms with Gasteiger partial charge in [0.05, 0.1) is 24.2 Å². The number of benzene rings is 2. The third-order valence-corrected chi connectivity index (χ3v) is 4.74. The number of carbonyl (C=O) groups excluding carboxylic acids is 1. The Morgan fingerprint density at radius 1 is 1.12 bits per heavy atom. The van der Waals surface area contributed by atoms with Crippen molar-refractivity contribution in [2.45, 2.75) is 11.8 Å². The van der Waals surface area contributed by atoms with Crippen molar-refractivity contribution >= 4 is 27.6 Å². The van der Waals surface area contributed by atoms with Crippen molar-refractivity contribution < 1.29 is 32.6 Å². The van der Waals surface area contributed by atoms with Crippen LogP contribution in [0.4, 0.5) is 5.69 Å². The van der Waals surface area contributed by atoms with Gasteiger partial charge in [0.25, 0.3) is 10.0 Å². The minimum Gasteiger partial charge on any atom is -0.496 e. The molecular weight excluding hydrogens is 362 g/mol. The third kappa shape index (κ3) is 4.31. The van der Waals surface area contributed by atoms with Gasteiger partial charge in [0.1, 0.15) is 11.3 Å². The highest BCUT2D eigenvalue weighted by Crippen LogP contribution is 2.24. The summed E-state index contributed by atoms with van der Waals surface area (Å²) in [5.41, 5.74) is 0.228. The van der Waals surface area contributed by atoms with Crippen LogP contribution in [0.5, 0.6) is 5.75 Å². The maximum Gasteiger partial charge on any atom is 0.339 e. The van der Waals surface area contributed by atoms with Crippen LogP contribution in [0.15, 0.2) is 47.4 Å². The molecule has 0 heterocycles. The van der Waals surface area contributed by atoms with Gasteiger partial charge in [-0.2, -0.15) is 0 Å². The van der Waals surface area contributed by atoms with E-state index < -0.39 is 22.0 Å². The molecule has 2 aromatic rings. The second-order valence-corrected chi connectivity index (χ2v) is 6.75. The number of hydrogen-bond acceptors (Lipinski definition) is 6. The number of hydrogen-bond donors (Lipinski definition) is 2. The Balaban J connectivity index is 2.27. The lowest BCUT2D eigenvalue weighted by atomic mass is 10.2. The molecule has 0 aliphatic carbocycles. The van der Waals surface area contributed by atoms with Gasteiger partial charge in [0.2, 0.25) is 0 Å². The molecule has 26 heavy (non-hydrogen) atoms. The Kier molecular flexibility index (Phi) is 5.83. The van der Waals surface area contributed by atoms with Crippen LogP contribution in [-0.4, -0.2) is 39.2 Å². The number of carboxylic acids is 1. The van der Waals surface area contributed by atoms with Gasteiger partial charge in [-0.1, -0.05) is 0 Å². The predicted octanol–water partition coefficient (Wildman–Crippen LogP) is 2.37. The number of methoxy groups -OCH3 is 1. The molecular formula is C17H17NO7S. The van der Waals surface area contributed by atoms with E-state index in [4.69, 9.17) is 14.6 Å². The Bertz CT molecular complexity index is 921. The van der Waals surface area contributed by atoms with E-state index in [1.54, 1.807) is 6.92 Å². The molecule has 0 aliphatic rings. The highest BCUT2D eigenvalue weighted by Gasteiger charge is 2.20. The Morgan fingerprint density at radius 3 is 2.31 bits per heavy atom. The first kappa shape index (κ1) is 19.3. The number of anilines is 1. The Morgan fingerprint density at radius 2 is 1.77 bits per heavy atom. The summed E-state index contributed by atoms with van der Waals surface area (Å²) in [6.07, 6.45) is 0. The zero-order valence-electron chi connectivity index (χ0n) is 14.1. The molecule has 0 amide bonds. The molecule has 138 valence electrons. The minimum absolute atomic E-state index is 0.0511. The topological polar surface area (TPSA) is 119 Å². The first-order valence-corrected chi connectivity index (χ1v) is 8.98. The number of rotatable bonds is 7. The van der Waals surface area contributed by atoms with Gasteiger partial charge < -0.3 is 14.6 Å². The normalized spacial score (nSPS) is 10.8. The molecule has 0 aliphatic heterocycles. The Hall–Kier alpha value is -3.07. The molecule has 0 saturated carbocycles. The van der Waals surface area contributed by atoms with Crippen LogP contribution in [0.25, 0.3) is 0 Å². The molecule has 9 heteroatoms. The molecule has 0 radical (unpaired) electrons. The molecule has 0 atom stereocenters. The fourth-order valence-corrected chi connectivity index (χ4v) is 3.21. The van der Waals surface area contributed by atoms with Crippen molar-refractivity contribution in [1.29, 1.82) is 0 Å². The maximum absolute atomic E-state index is 12.5. The molecule has 0 saturated heterocycles. The number of esters is 1. The summed E-state index contributed by atoms with van der Waals surface area (Å²) < 4.78 is 37.0. The lowest BCUT2D eigenvalue weighted by Crippen LogP contribution is -2.14. The average molecular weight is 379 g/mol. The highest BCUT2D eigenvalue weighted by molar-refractivity contribution is 7.92. The third-order valence-electron chi connectivity index (χ3n) is 3.36. The fourth-order valence-electron chi connectivity index (χ4n) is 2.12. The lowest BCUT2D eigenvalue weighted by Gasteiger charge is -2.11. The maximum atomic E-state index is 12.5. The van der Waals surface area contributed by atoms with E-state index in [-0.39, 0.29) is 34.1 Å². The number of nitrogens with one attached hydrogen (secondary N) is 1. The highest BCUT2D eigenvalue weighted by atomic mass is 32.2. The second-order valence-electron chi connectivity index (χ2n) is 5.07. The number of aromatic carboxylic acids is 1. The van der Waals surface area contributed by atoms with Crippen LogP contribution in [0, 0.1) is 0 Å². The smallest absolute Gasteiger partial charge is 0.339 e. The van der Waals surface area contributed by atoms with Crippen LogP contribution >= 0.6 is 0 Å². The van der Waals surface area contributed by atoms with Crippen LogP contribution in [0.1, 0.15) is 27.6 Å². The van der Waals surface area contributed by atoms with Gasteiger partial charge in [-0.05, 0) is 49.4 Å². The van der Waals surface area contributed by atoms with Crippen molar-refractivity contribution in [3.63, 3.8) is 0 Å². The van der Waals surface area contributed by atoms with Crippen LogP contribution in [0.2, 0.25) is 0 Å². The molecule has 0 fully saturated rings. The van der Waals surface area contributed by atoms with E-state index in [9.17, 15) is 18.0 Å². The molecule has 2 aromatic carbocycles. The summed E-state index contributed by atoms with van der Waals surface area (Å²) >= 11 is 0. The van der Waals surface area contributed by atoms with Crippen LogP contribution in [0.3, 0.4) is 0 Å². The van der Waals surface area contributed by atoms with E-state index >= 15 is 0 Å². The SMILES string of the molecule is CCOC(=O)c1ccc(NS(=O)(=O)c2ccc(OC)c(C(=O)O)c2)cc1. The molecule has 8 nitrogen and oxygen atoms in total. The first-order chi connectivity index (χ1) is 12.3.